The summed E-state index contributed by atoms with van der Waals surface area (Å²) in [7, 11) is 0. The number of esters is 1. The third kappa shape index (κ3) is 6.92. The molecule has 0 aliphatic carbocycles. The third-order valence-corrected chi connectivity index (χ3v) is 6.05. The topological polar surface area (TPSA) is 129 Å². The Morgan fingerprint density at radius 3 is 2.36 bits per heavy atom. The minimum Gasteiger partial charge on any atom is -0.481 e. The number of nitrogens with zero attached hydrogens (tertiary/aromatic N) is 3. The molecule has 2 heterocycles. The maximum absolute atomic E-state index is 14.0. The molecule has 0 aliphatic rings. The van der Waals surface area contributed by atoms with Gasteiger partial charge in [-0.1, -0.05) is 31.2 Å². The van der Waals surface area contributed by atoms with Crippen molar-refractivity contribution in [3.05, 3.63) is 64.1 Å². The smallest absolute Gasteiger partial charge is 0.326 e. The number of fused-ring (bicyclic) bond motifs is 2. The molecule has 0 spiro atoms. The lowest BCUT2D eigenvalue weighted by Gasteiger charge is -2.20. The van der Waals surface area contributed by atoms with Crippen LogP contribution in [0.5, 0.6) is 0 Å². The van der Waals surface area contributed by atoms with Crippen LogP contribution in [-0.2, 0) is 33.8 Å². The number of carbonyl (C=O) groups is 2. The third-order valence-electron chi connectivity index (χ3n) is 6.05. The number of carboxylic acid groups (broad SMARTS) is 1. The second kappa shape index (κ2) is 12.3. The van der Waals surface area contributed by atoms with Gasteiger partial charge in [0.2, 0.25) is 0 Å². The van der Waals surface area contributed by atoms with Crippen molar-refractivity contribution in [2.24, 2.45) is 5.73 Å². The molecule has 0 bridgehead atoms. The Morgan fingerprint density at radius 1 is 1.08 bits per heavy atom. The summed E-state index contributed by atoms with van der Waals surface area (Å²) in [6.07, 6.45) is 1.56. The van der Waals surface area contributed by atoms with Gasteiger partial charge in [-0.2, -0.15) is 0 Å². The fraction of sp³-hybridized carbons (Fsp3) is 0.400. The molecule has 0 radical (unpaired) electrons. The van der Waals surface area contributed by atoms with E-state index in [4.69, 9.17) is 25.4 Å². The van der Waals surface area contributed by atoms with Crippen LogP contribution in [0.2, 0.25) is 0 Å². The maximum Gasteiger partial charge on any atom is 0.326 e. The van der Waals surface area contributed by atoms with E-state index in [2.05, 4.69) is 17.6 Å². The summed E-state index contributed by atoms with van der Waals surface area (Å²) in [5.41, 5.74) is 10.5. The van der Waals surface area contributed by atoms with Gasteiger partial charge in [0.25, 0.3) is 11.5 Å². The average molecular weight is 535 g/mol. The molecule has 3 N–H and O–H groups in total. The summed E-state index contributed by atoms with van der Waals surface area (Å²) in [4.78, 5) is 40.6. The Balaban J connectivity index is 0.000000983. The quantitative estimate of drug-likeness (QED) is 0.330. The van der Waals surface area contributed by atoms with E-state index in [1.807, 2.05) is 64.1 Å². The van der Waals surface area contributed by atoms with Crippen molar-refractivity contribution in [1.82, 2.24) is 14.1 Å². The normalized spacial score (nSPS) is 11.4. The van der Waals surface area contributed by atoms with Crippen molar-refractivity contribution in [1.29, 1.82) is 0 Å². The highest BCUT2D eigenvalue weighted by Crippen LogP contribution is 2.34. The summed E-state index contributed by atoms with van der Waals surface area (Å²) in [5, 5.41) is 8.39. The highest BCUT2D eigenvalue weighted by atomic mass is 16.6. The van der Waals surface area contributed by atoms with E-state index in [0.29, 0.717) is 23.3 Å². The average Bonchev–Trinajstić information content (AvgIpc) is 3.16. The zero-order chi connectivity index (χ0) is 28.9. The van der Waals surface area contributed by atoms with Crippen molar-refractivity contribution >= 4 is 33.9 Å². The zero-order valence-electron chi connectivity index (χ0n) is 23.6. The van der Waals surface area contributed by atoms with E-state index in [-0.39, 0.29) is 12.1 Å². The van der Waals surface area contributed by atoms with Gasteiger partial charge in [0.05, 0.1) is 11.0 Å². The van der Waals surface area contributed by atoms with Crippen LogP contribution in [-0.4, -0.2) is 43.3 Å². The number of ether oxygens (including phenoxy) is 1. The molecule has 208 valence electrons. The van der Waals surface area contributed by atoms with E-state index >= 15 is 0 Å². The van der Waals surface area contributed by atoms with E-state index in [0.717, 1.165) is 54.0 Å². The molecule has 0 unspecified atom stereocenters. The molecule has 2 aromatic carbocycles. The molecular weight excluding hydrogens is 496 g/mol. The molecule has 4 rings (SSSR count). The lowest BCUT2D eigenvalue weighted by atomic mass is 10.1. The van der Waals surface area contributed by atoms with Gasteiger partial charge in [-0.3, -0.25) is 19.0 Å². The van der Waals surface area contributed by atoms with Crippen molar-refractivity contribution in [3.63, 3.8) is 0 Å². The monoisotopic (exact) mass is 534 g/mol. The summed E-state index contributed by atoms with van der Waals surface area (Å²) < 4.78 is 9.29. The summed E-state index contributed by atoms with van der Waals surface area (Å²) in [6, 6.07) is 13.8. The molecule has 0 aliphatic heterocycles. The number of benzene rings is 2. The Labute approximate surface area is 228 Å². The predicted octanol–water partition coefficient (Wildman–Crippen LogP) is 4.67. The minimum atomic E-state index is -0.833. The lowest BCUT2D eigenvalue weighted by molar-refractivity contribution is -0.155. The van der Waals surface area contributed by atoms with Gasteiger partial charge < -0.3 is 20.1 Å². The van der Waals surface area contributed by atoms with Crippen LogP contribution in [0.3, 0.4) is 0 Å². The first kappa shape index (κ1) is 29.6. The molecule has 39 heavy (non-hydrogen) atoms. The zero-order valence-corrected chi connectivity index (χ0v) is 23.6. The fourth-order valence-electron chi connectivity index (χ4n) is 4.67. The molecule has 9 heteroatoms. The number of aryl methyl sites for hydroxylation is 2. The molecule has 9 nitrogen and oxygen atoms in total. The fourth-order valence-corrected chi connectivity index (χ4v) is 4.67. The van der Waals surface area contributed by atoms with Crippen molar-refractivity contribution in [3.8, 4) is 11.3 Å². The molecule has 0 fully saturated rings. The van der Waals surface area contributed by atoms with Crippen LogP contribution >= 0.6 is 0 Å². The molecule has 0 saturated heterocycles. The van der Waals surface area contributed by atoms with Gasteiger partial charge in [-0.25, -0.2) is 4.98 Å². The molecule has 2 aromatic heterocycles. The number of hydrogen-bond donors (Lipinski definition) is 2. The van der Waals surface area contributed by atoms with Gasteiger partial charge in [0, 0.05) is 35.6 Å². The first-order valence-corrected chi connectivity index (χ1v) is 13.1. The van der Waals surface area contributed by atoms with Crippen LogP contribution in [0.15, 0.2) is 47.3 Å². The summed E-state index contributed by atoms with van der Waals surface area (Å²) in [6.45, 7) is 11.8. The second-order valence-corrected chi connectivity index (χ2v) is 10.4. The first-order chi connectivity index (χ1) is 18.4. The second-order valence-electron chi connectivity index (χ2n) is 10.4. The Morgan fingerprint density at radius 2 is 1.74 bits per heavy atom. The van der Waals surface area contributed by atoms with Crippen LogP contribution < -0.4 is 11.3 Å². The van der Waals surface area contributed by atoms with Gasteiger partial charge >= 0.3 is 5.97 Å². The van der Waals surface area contributed by atoms with Crippen LogP contribution in [0.4, 0.5) is 0 Å². The Kier molecular flexibility index (Phi) is 9.29. The Hall–Kier alpha value is -3.98. The standard InChI is InChI=1S/C28H34N4O3.C2H4O2/c1-6-21-25(19-10-7-8-11-22(19)31(21)15-9-14-29)26-27(34)32(17-24(33)35-28(3,4)5)23-13-12-18(2)16-20(23)30-26;1-2(3)4/h7-8,10-13,16H,6,9,14-15,17,29H2,1-5H3;1H3,(H,3,4). The Bertz CT molecular complexity index is 1560. The summed E-state index contributed by atoms with van der Waals surface area (Å²) in [5.74, 6) is -1.29. The highest BCUT2D eigenvalue weighted by molar-refractivity contribution is 5.98. The van der Waals surface area contributed by atoms with E-state index < -0.39 is 17.5 Å². The van der Waals surface area contributed by atoms with Gasteiger partial charge in [-0.15, -0.1) is 0 Å². The van der Waals surface area contributed by atoms with E-state index in [1.165, 1.54) is 4.57 Å². The van der Waals surface area contributed by atoms with Crippen LogP contribution in [0.25, 0.3) is 33.2 Å². The lowest BCUT2D eigenvalue weighted by Crippen LogP contribution is -2.32. The van der Waals surface area contributed by atoms with Crippen molar-refractivity contribution in [2.75, 3.05) is 6.54 Å². The van der Waals surface area contributed by atoms with Crippen molar-refractivity contribution < 1.29 is 19.4 Å². The molecular formula is C30H38N4O5. The van der Waals surface area contributed by atoms with Gasteiger partial charge in [0.15, 0.2) is 0 Å². The number of hydrogen-bond acceptors (Lipinski definition) is 6. The number of aromatic nitrogens is 3. The summed E-state index contributed by atoms with van der Waals surface area (Å²) >= 11 is 0. The van der Waals surface area contributed by atoms with Gasteiger partial charge in [-0.05, 0) is 70.8 Å². The molecule has 0 saturated carbocycles. The SMILES string of the molecule is CC(=O)O.CCc1c(-c2nc3cc(C)ccc3n(CC(=O)OC(C)(C)C)c2=O)c2ccccc2n1CCCN. The number of rotatable bonds is 7. The number of carboxylic acids is 1. The molecule has 4 aromatic rings. The van der Waals surface area contributed by atoms with E-state index in [1.54, 1.807) is 0 Å². The molecule has 0 atom stereocenters. The van der Waals surface area contributed by atoms with E-state index in [9.17, 15) is 9.59 Å². The van der Waals surface area contributed by atoms with Crippen LogP contribution in [0, 0.1) is 6.92 Å². The highest BCUT2D eigenvalue weighted by Gasteiger charge is 2.24. The molecule has 0 amide bonds. The van der Waals surface area contributed by atoms with Gasteiger partial charge in [0.1, 0.15) is 17.8 Å². The minimum absolute atomic E-state index is 0.182. The number of para-hydroxylation sites is 1. The largest absolute Gasteiger partial charge is 0.481 e. The number of carbonyl (C=O) groups excluding carboxylic acids is 1. The number of aliphatic carboxylic acids is 1. The van der Waals surface area contributed by atoms with Crippen molar-refractivity contribution in [2.45, 2.75) is 73.1 Å². The first-order valence-electron chi connectivity index (χ1n) is 13.1. The predicted molar refractivity (Wildman–Crippen MR) is 154 cm³/mol. The maximum atomic E-state index is 14.0. The van der Waals surface area contributed by atoms with Crippen LogP contribution in [0.1, 0.15) is 52.3 Å². The number of nitrogens with two attached hydrogens (primary N) is 1.